The molecule has 4 nitrogen and oxygen atoms in total. The summed E-state index contributed by atoms with van der Waals surface area (Å²) < 4.78 is 0. The van der Waals surface area contributed by atoms with E-state index in [4.69, 9.17) is 0 Å². The Kier molecular flexibility index (Phi) is 2.14. The molecule has 0 bridgehead atoms. The lowest BCUT2D eigenvalue weighted by Gasteiger charge is -2.04. The second-order valence-corrected chi connectivity index (χ2v) is 4.10. The van der Waals surface area contributed by atoms with Crippen LogP contribution in [0.2, 0.25) is 0 Å². The van der Waals surface area contributed by atoms with E-state index < -0.39 is 6.29 Å². The SMILES string of the molecule is Cc1nc(C(O)O)cc2c1[nH]c1ccccc12. The van der Waals surface area contributed by atoms with E-state index >= 15 is 0 Å². The minimum Gasteiger partial charge on any atom is -0.363 e. The number of H-pyrrole nitrogens is 1. The Bertz CT molecular complexity index is 701. The number of fused-ring (bicyclic) bond motifs is 3. The monoisotopic (exact) mass is 228 g/mol. The Hall–Kier alpha value is -1.91. The van der Waals surface area contributed by atoms with Crippen LogP contribution in [0, 0.1) is 6.92 Å². The van der Waals surface area contributed by atoms with Gasteiger partial charge in [-0.2, -0.15) is 0 Å². The van der Waals surface area contributed by atoms with Crippen LogP contribution in [0.15, 0.2) is 30.3 Å². The molecule has 2 aromatic heterocycles. The highest BCUT2D eigenvalue weighted by atomic mass is 16.5. The van der Waals surface area contributed by atoms with Gasteiger partial charge < -0.3 is 15.2 Å². The molecule has 0 atom stereocenters. The molecule has 0 radical (unpaired) electrons. The third kappa shape index (κ3) is 1.50. The summed E-state index contributed by atoms with van der Waals surface area (Å²) in [7, 11) is 0. The third-order valence-corrected chi connectivity index (χ3v) is 2.96. The van der Waals surface area contributed by atoms with Gasteiger partial charge in [0.05, 0.1) is 16.9 Å². The lowest BCUT2D eigenvalue weighted by atomic mass is 10.1. The van der Waals surface area contributed by atoms with Crippen molar-refractivity contribution >= 4 is 21.8 Å². The highest BCUT2D eigenvalue weighted by molar-refractivity contribution is 6.07. The summed E-state index contributed by atoms with van der Waals surface area (Å²) in [6.45, 7) is 1.85. The Morgan fingerprint density at radius 3 is 2.71 bits per heavy atom. The normalized spacial score (nSPS) is 11.8. The van der Waals surface area contributed by atoms with E-state index in [1.165, 1.54) is 0 Å². The average Bonchev–Trinajstić information content (AvgIpc) is 2.68. The quantitative estimate of drug-likeness (QED) is 0.558. The van der Waals surface area contributed by atoms with E-state index in [-0.39, 0.29) is 5.69 Å². The number of aliphatic hydroxyl groups is 2. The van der Waals surface area contributed by atoms with Gasteiger partial charge in [-0.1, -0.05) is 18.2 Å². The minimum absolute atomic E-state index is 0.278. The van der Waals surface area contributed by atoms with E-state index in [1.54, 1.807) is 6.07 Å². The summed E-state index contributed by atoms with van der Waals surface area (Å²) in [4.78, 5) is 7.45. The Balaban J connectivity index is 2.46. The van der Waals surface area contributed by atoms with Gasteiger partial charge in [-0.05, 0) is 19.1 Å². The summed E-state index contributed by atoms with van der Waals surface area (Å²) in [5, 5.41) is 20.4. The van der Waals surface area contributed by atoms with Crippen LogP contribution in [0.3, 0.4) is 0 Å². The molecule has 3 N–H and O–H groups in total. The number of aryl methyl sites for hydroxylation is 1. The summed E-state index contributed by atoms with van der Waals surface area (Å²) in [5.41, 5.74) is 3.01. The van der Waals surface area contributed by atoms with Crippen molar-refractivity contribution in [2.24, 2.45) is 0 Å². The van der Waals surface area contributed by atoms with Gasteiger partial charge in [-0.25, -0.2) is 0 Å². The van der Waals surface area contributed by atoms with E-state index in [2.05, 4.69) is 9.97 Å². The molecule has 86 valence electrons. The van der Waals surface area contributed by atoms with Gasteiger partial charge in [-0.15, -0.1) is 0 Å². The molecule has 1 aromatic carbocycles. The Morgan fingerprint density at radius 2 is 1.94 bits per heavy atom. The standard InChI is InChI=1S/C13H12N2O2/c1-7-12-9(6-11(14-7)13(16)17)8-4-2-3-5-10(8)15-12/h2-6,13,15-17H,1H3. The number of benzene rings is 1. The summed E-state index contributed by atoms with van der Waals surface area (Å²) in [5.74, 6) is 0. The molecule has 3 rings (SSSR count). The second kappa shape index (κ2) is 3.55. The number of nitrogens with one attached hydrogen (secondary N) is 1. The summed E-state index contributed by atoms with van der Waals surface area (Å²) in [6, 6.07) is 9.62. The molecule has 3 aromatic rings. The van der Waals surface area contributed by atoms with Gasteiger partial charge in [0.25, 0.3) is 0 Å². The van der Waals surface area contributed by atoms with Gasteiger partial charge in [0, 0.05) is 16.3 Å². The predicted molar refractivity (Wildman–Crippen MR) is 65.5 cm³/mol. The van der Waals surface area contributed by atoms with Crippen molar-refractivity contribution in [3.63, 3.8) is 0 Å². The lowest BCUT2D eigenvalue weighted by Crippen LogP contribution is -2.00. The summed E-state index contributed by atoms with van der Waals surface area (Å²) in [6.07, 6.45) is -1.54. The van der Waals surface area contributed by atoms with Crippen molar-refractivity contribution < 1.29 is 10.2 Å². The van der Waals surface area contributed by atoms with Crippen molar-refractivity contribution in [1.82, 2.24) is 9.97 Å². The lowest BCUT2D eigenvalue weighted by molar-refractivity contribution is -0.0457. The molecule has 0 aliphatic heterocycles. The molecule has 4 heteroatoms. The van der Waals surface area contributed by atoms with Crippen molar-refractivity contribution in [2.75, 3.05) is 0 Å². The number of aliphatic hydroxyl groups excluding tert-OH is 1. The van der Waals surface area contributed by atoms with Gasteiger partial charge >= 0.3 is 0 Å². The van der Waals surface area contributed by atoms with Gasteiger partial charge in [0.2, 0.25) is 0 Å². The third-order valence-electron chi connectivity index (χ3n) is 2.96. The fourth-order valence-electron chi connectivity index (χ4n) is 2.16. The molecule has 2 heterocycles. The highest BCUT2D eigenvalue weighted by Crippen LogP contribution is 2.28. The van der Waals surface area contributed by atoms with Gasteiger partial charge in [-0.3, -0.25) is 4.98 Å². The highest BCUT2D eigenvalue weighted by Gasteiger charge is 2.12. The van der Waals surface area contributed by atoms with E-state index in [0.29, 0.717) is 0 Å². The largest absolute Gasteiger partial charge is 0.363 e. The van der Waals surface area contributed by atoms with Crippen LogP contribution in [0.5, 0.6) is 0 Å². The van der Waals surface area contributed by atoms with Gasteiger partial charge in [0.15, 0.2) is 6.29 Å². The number of para-hydroxylation sites is 1. The first kappa shape index (κ1) is 10.3. The molecule has 0 aliphatic rings. The number of pyridine rings is 1. The second-order valence-electron chi connectivity index (χ2n) is 4.10. The molecular formula is C13H12N2O2. The van der Waals surface area contributed by atoms with Crippen LogP contribution in [-0.2, 0) is 0 Å². The maximum Gasteiger partial charge on any atom is 0.196 e. The zero-order valence-corrected chi connectivity index (χ0v) is 9.31. The molecule has 0 saturated carbocycles. The average molecular weight is 228 g/mol. The Morgan fingerprint density at radius 1 is 1.18 bits per heavy atom. The molecule has 0 fully saturated rings. The van der Waals surface area contributed by atoms with Crippen LogP contribution in [0.1, 0.15) is 17.7 Å². The first-order valence-electron chi connectivity index (χ1n) is 5.41. The van der Waals surface area contributed by atoms with E-state index in [9.17, 15) is 10.2 Å². The summed E-state index contributed by atoms with van der Waals surface area (Å²) >= 11 is 0. The van der Waals surface area contributed by atoms with Crippen LogP contribution in [0.25, 0.3) is 21.8 Å². The fraction of sp³-hybridized carbons (Fsp3) is 0.154. The zero-order valence-electron chi connectivity index (χ0n) is 9.31. The number of rotatable bonds is 1. The molecule has 0 aliphatic carbocycles. The maximum atomic E-state index is 9.20. The van der Waals surface area contributed by atoms with E-state index in [1.807, 2.05) is 31.2 Å². The van der Waals surface area contributed by atoms with E-state index in [0.717, 1.165) is 27.5 Å². The molecular weight excluding hydrogens is 216 g/mol. The smallest absolute Gasteiger partial charge is 0.196 e. The molecule has 0 spiro atoms. The zero-order chi connectivity index (χ0) is 12.0. The number of nitrogens with zero attached hydrogens (tertiary/aromatic N) is 1. The van der Waals surface area contributed by atoms with Crippen molar-refractivity contribution in [3.8, 4) is 0 Å². The Labute approximate surface area is 97.5 Å². The number of aromatic amines is 1. The van der Waals surface area contributed by atoms with Gasteiger partial charge in [0.1, 0.15) is 0 Å². The fourth-order valence-corrected chi connectivity index (χ4v) is 2.16. The number of hydrogen-bond acceptors (Lipinski definition) is 3. The molecule has 0 saturated heterocycles. The van der Waals surface area contributed by atoms with Crippen molar-refractivity contribution in [3.05, 3.63) is 41.7 Å². The number of hydrogen-bond donors (Lipinski definition) is 3. The molecule has 17 heavy (non-hydrogen) atoms. The molecule has 0 amide bonds. The molecule has 0 unspecified atom stereocenters. The van der Waals surface area contributed by atoms with Crippen LogP contribution < -0.4 is 0 Å². The predicted octanol–water partition coefficient (Wildman–Crippen LogP) is 2.01. The maximum absolute atomic E-state index is 9.20. The first-order chi connectivity index (χ1) is 8.16. The first-order valence-corrected chi connectivity index (χ1v) is 5.41. The van der Waals surface area contributed by atoms with Crippen LogP contribution >= 0.6 is 0 Å². The minimum atomic E-state index is -1.54. The number of aromatic nitrogens is 2. The van der Waals surface area contributed by atoms with Crippen molar-refractivity contribution in [2.45, 2.75) is 13.2 Å². The van der Waals surface area contributed by atoms with Crippen LogP contribution in [-0.4, -0.2) is 20.2 Å². The van der Waals surface area contributed by atoms with Crippen LogP contribution in [0.4, 0.5) is 0 Å². The topological polar surface area (TPSA) is 69.1 Å². The van der Waals surface area contributed by atoms with Crippen molar-refractivity contribution in [1.29, 1.82) is 0 Å².